The SMILES string of the molecule is Cc1ccc(N2CN(C)CN(c3ccc(C)cc3)C2=S)cc1. The van der Waals surface area contributed by atoms with E-state index in [9.17, 15) is 0 Å². The third-order valence-electron chi connectivity index (χ3n) is 3.92. The highest BCUT2D eigenvalue weighted by atomic mass is 32.1. The number of benzene rings is 2. The van der Waals surface area contributed by atoms with Crippen molar-refractivity contribution in [3.05, 3.63) is 59.7 Å². The maximum atomic E-state index is 5.76. The lowest BCUT2D eigenvalue weighted by molar-refractivity contribution is 0.339. The molecule has 0 aliphatic carbocycles. The summed E-state index contributed by atoms with van der Waals surface area (Å²) in [5.74, 6) is 0. The number of hydrogen-bond donors (Lipinski definition) is 0. The lowest BCUT2D eigenvalue weighted by Gasteiger charge is -2.43. The Kier molecular flexibility index (Phi) is 4.14. The van der Waals surface area contributed by atoms with Gasteiger partial charge in [-0.25, -0.2) is 0 Å². The molecule has 0 saturated carbocycles. The summed E-state index contributed by atoms with van der Waals surface area (Å²) < 4.78 is 0. The summed E-state index contributed by atoms with van der Waals surface area (Å²) in [6, 6.07) is 17.0. The van der Waals surface area contributed by atoms with Crippen LogP contribution >= 0.6 is 12.2 Å². The molecule has 0 amide bonds. The molecular weight excluding hydrogens is 290 g/mol. The van der Waals surface area contributed by atoms with Gasteiger partial charge in [-0.1, -0.05) is 35.4 Å². The summed E-state index contributed by atoms with van der Waals surface area (Å²) in [6.45, 7) is 5.82. The molecule has 2 aromatic carbocycles. The molecule has 1 aliphatic heterocycles. The molecule has 3 nitrogen and oxygen atoms in total. The van der Waals surface area contributed by atoms with Crippen LogP contribution in [0.3, 0.4) is 0 Å². The molecule has 1 heterocycles. The van der Waals surface area contributed by atoms with Crippen LogP contribution in [0.15, 0.2) is 48.5 Å². The predicted molar refractivity (Wildman–Crippen MR) is 97.4 cm³/mol. The third kappa shape index (κ3) is 2.98. The average molecular weight is 311 g/mol. The van der Waals surface area contributed by atoms with Crippen LogP contribution in [0.25, 0.3) is 0 Å². The van der Waals surface area contributed by atoms with E-state index in [0.29, 0.717) is 0 Å². The first kappa shape index (κ1) is 15.0. The minimum Gasteiger partial charge on any atom is -0.305 e. The number of hydrogen-bond acceptors (Lipinski definition) is 2. The third-order valence-corrected chi connectivity index (χ3v) is 4.36. The molecule has 4 heteroatoms. The summed E-state index contributed by atoms with van der Waals surface area (Å²) in [7, 11) is 2.12. The van der Waals surface area contributed by atoms with Crippen molar-refractivity contribution >= 4 is 28.7 Å². The Morgan fingerprint density at radius 3 is 1.45 bits per heavy atom. The second kappa shape index (κ2) is 6.07. The molecule has 0 radical (unpaired) electrons. The van der Waals surface area contributed by atoms with Crippen molar-refractivity contribution in [3.63, 3.8) is 0 Å². The molecule has 3 rings (SSSR count). The molecule has 0 atom stereocenters. The topological polar surface area (TPSA) is 9.72 Å². The monoisotopic (exact) mass is 311 g/mol. The number of rotatable bonds is 2. The zero-order chi connectivity index (χ0) is 15.7. The van der Waals surface area contributed by atoms with Gasteiger partial charge in [0.15, 0.2) is 5.11 Å². The van der Waals surface area contributed by atoms with Crippen molar-refractivity contribution < 1.29 is 0 Å². The van der Waals surface area contributed by atoms with Crippen LogP contribution in [0, 0.1) is 13.8 Å². The fraction of sp³-hybridized carbons (Fsp3) is 0.278. The number of anilines is 2. The number of aryl methyl sites for hydroxylation is 2. The quantitative estimate of drug-likeness (QED) is 0.781. The van der Waals surface area contributed by atoms with E-state index < -0.39 is 0 Å². The first-order valence-electron chi connectivity index (χ1n) is 7.45. The summed E-state index contributed by atoms with van der Waals surface area (Å²) in [5, 5.41) is 0.853. The predicted octanol–water partition coefficient (Wildman–Crippen LogP) is 3.76. The van der Waals surface area contributed by atoms with Gasteiger partial charge in [0.1, 0.15) is 0 Å². The zero-order valence-corrected chi connectivity index (χ0v) is 14.1. The fourth-order valence-electron chi connectivity index (χ4n) is 2.63. The second-order valence-corrected chi connectivity index (χ2v) is 6.31. The van der Waals surface area contributed by atoms with Gasteiger partial charge in [0.2, 0.25) is 0 Å². The largest absolute Gasteiger partial charge is 0.305 e. The minimum atomic E-state index is 0.810. The Bertz CT molecular complexity index is 606. The van der Waals surface area contributed by atoms with Crippen molar-refractivity contribution in [2.24, 2.45) is 0 Å². The van der Waals surface area contributed by atoms with Crippen LogP contribution in [0.4, 0.5) is 11.4 Å². The van der Waals surface area contributed by atoms with E-state index in [0.717, 1.165) is 29.8 Å². The Hall–Kier alpha value is -1.91. The summed E-state index contributed by atoms with van der Waals surface area (Å²) >= 11 is 5.76. The van der Waals surface area contributed by atoms with Gasteiger partial charge in [0.25, 0.3) is 0 Å². The van der Waals surface area contributed by atoms with E-state index in [1.54, 1.807) is 0 Å². The fourth-order valence-corrected chi connectivity index (χ4v) is 2.95. The molecule has 114 valence electrons. The lowest BCUT2D eigenvalue weighted by atomic mass is 10.2. The number of nitrogens with zero attached hydrogens (tertiary/aromatic N) is 3. The Labute approximate surface area is 137 Å². The molecular formula is C18H21N3S. The molecule has 0 aromatic heterocycles. The van der Waals surface area contributed by atoms with Crippen molar-refractivity contribution in [2.45, 2.75) is 13.8 Å². The Balaban J connectivity index is 1.91. The van der Waals surface area contributed by atoms with Crippen molar-refractivity contribution in [1.82, 2.24) is 4.90 Å². The summed E-state index contributed by atoms with van der Waals surface area (Å²) in [4.78, 5) is 6.62. The molecule has 22 heavy (non-hydrogen) atoms. The van der Waals surface area contributed by atoms with E-state index in [1.807, 2.05) is 0 Å². The molecule has 1 saturated heterocycles. The Morgan fingerprint density at radius 2 is 1.09 bits per heavy atom. The standard InChI is InChI=1S/C18H21N3S/c1-14-4-8-16(9-5-14)20-12-19(3)13-21(18(20)22)17-10-6-15(2)7-11-17/h4-11H,12-13H2,1-3H3. The minimum absolute atomic E-state index is 0.810. The van der Waals surface area contributed by atoms with Crippen LogP contribution in [-0.2, 0) is 0 Å². The molecule has 0 N–H and O–H groups in total. The highest BCUT2D eigenvalue weighted by molar-refractivity contribution is 7.80. The lowest BCUT2D eigenvalue weighted by Crippen LogP contribution is -2.57. The average Bonchev–Trinajstić information content (AvgIpc) is 2.51. The van der Waals surface area contributed by atoms with Gasteiger partial charge >= 0.3 is 0 Å². The first-order valence-corrected chi connectivity index (χ1v) is 7.86. The highest BCUT2D eigenvalue weighted by Gasteiger charge is 2.27. The highest BCUT2D eigenvalue weighted by Crippen LogP contribution is 2.25. The molecule has 1 fully saturated rings. The van der Waals surface area contributed by atoms with Crippen LogP contribution in [0.2, 0.25) is 0 Å². The molecule has 0 bridgehead atoms. The molecule has 0 unspecified atom stereocenters. The van der Waals surface area contributed by atoms with Crippen molar-refractivity contribution in [2.75, 3.05) is 30.2 Å². The Morgan fingerprint density at radius 1 is 0.727 bits per heavy atom. The van der Waals surface area contributed by atoms with Gasteiger partial charge in [-0.2, -0.15) is 0 Å². The van der Waals surface area contributed by atoms with Crippen LogP contribution in [0.1, 0.15) is 11.1 Å². The van der Waals surface area contributed by atoms with Crippen molar-refractivity contribution in [3.8, 4) is 0 Å². The van der Waals surface area contributed by atoms with Gasteiger partial charge < -0.3 is 9.80 Å². The van der Waals surface area contributed by atoms with E-state index in [-0.39, 0.29) is 0 Å². The van der Waals surface area contributed by atoms with Crippen LogP contribution in [-0.4, -0.2) is 30.4 Å². The summed E-state index contributed by atoms with van der Waals surface area (Å²) in [6.07, 6.45) is 0. The van der Waals surface area contributed by atoms with Gasteiger partial charge in [-0.05, 0) is 57.4 Å². The zero-order valence-electron chi connectivity index (χ0n) is 13.3. The maximum Gasteiger partial charge on any atom is 0.182 e. The van der Waals surface area contributed by atoms with Gasteiger partial charge in [-0.3, -0.25) is 4.90 Å². The van der Waals surface area contributed by atoms with Crippen LogP contribution < -0.4 is 9.80 Å². The molecule has 0 spiro atoms. The molecule has 1 aliphatic rings. The summed E-state index contributed by atoms with van der Waals surface area (Å²) in [5.41, 5.74) is 4.80. The first-order chi connectivity index (χ1) is 10.5. The second-order valence-electron chi connectivity index (χ2n) is 5.95. The van der Waals surface area contributed by atoms with E-state index in [1.165, 1.54) is 11.1 Å². The van der Waals surface area contributed by atoms with E-state index >= 15 is 0 Å². The van der Waals surface area contributed by atoms with Gasteiger partial charge in [-0.15, -0.1) is 0 Å². The smallest absolute Gasteiger partial charge is 0.182 e. The van der Waals surface area contributed by atoms with Gasteiger partial charge in [0, 0.05) is 11.4 Å². The van der Waals surface area contributed by atoms with Gasteiger partial charge in [0.05, 0.1) is 13.3 Å². The maximum absolute atomic E-state index is 5.76. The normalized spacial score (nSPS) is 16.2. The van der Waals surface area contributed by atoms with Crippen LogP contribution in [0.5, 0.6) is 0 Å². The van der Waals surface area contributed by atoms with E-state index in [2.05, 4.69) is 84.1 Å². The van der Waals surface area contributed by atoms with E-state index in [4.69, 9.17) is 12.2 Å². The molecule has 2 aromatic rings. The number of thiocarbonyl (C=S) groups is 1. The van der Waals surface area contributed by atoms with Crippen molar-refractivity contribution in [1.29, 1.82) is 0 Å².